The average molecular weight is 928 g/mol. The molecule has 3 N–H and O–H groups in total. The van der Waals surface area contributed by atoms with Crippen molar-refractivity contribution in [3.63, 3.8) is 0 Å². The van der Waals surface area contributed by atoms with Gasteiger partial charge in [0.25, 0.3) is 5.91 Å². The Morgan fingerprint density at radius 2 is 1.58 bits per heavy atom. The fourth-order valence-electron chi connectivity index (χ4n) is 8.51. The molecule has 5 atom stereocenters. The number of aliphatic hydroxyl groups excluding tert-OH is 1. The van der Waals surface area contributed by atoms with Gasteiger partial charge in [0.2, 0.25) is 11.8 Å². The molecule has 0 aliphatic carbocycles. The third kappa shape index (κ3) is 9.06. The molecule has 0 unspecified atom stereocenters. The normalized spacial score (nSPS) is 17.8. The van der Waals surface area contributed by atoms with Gasteiger partial charge in [-0.2, -0.15) is 0 Å². The van der Waals surface area contributed by atoms with E-state index in [1.54, 1.807) is 41.0 Å². The number of carbonyl (C=O) groups excluding carboxylic acids is 4. The number of aryl methyl sites for hydroxylation is 3. The number of hydrogen-bond acceptors (Lipinski definition) is 13. The fraction of sp³-hybridized carbons (Fsp3) is 0.367. The highest BCUT2D eigenvalue weighted by Crippen LogP contribution is 2.40. The number of aliphatic hydroxyl groups is 1. The summed E-state index contributed by atoms with van der Waals surface area (Å²) in [5, 5.41) is 26.4. The van der Waals surface area contributed by atoms with Crippen LogP contribution in [0.2, 0.25) is 0 Å². The maximum Gasteiger partial charge on any atom is 0.308 e. The lowest BCUT2D eigenvalue weighted by molar-refractivity contribution is -0.142. The second kappa shape index (κ2) is 18.5. The number of carbonyl (C=O) groups is 4. The first kappa shape index (κ1) is 46.1. The highest BCUT2D eigenvalue weighted by molar-refractivity contribution is 7.15. The number of ether oxygens (including phenoxy) is 1. The van der Waals surface area contributed by atoms with E-state index in [0.29, 0.717) is 11.6 Å². The Bertz CT molecular complexity index is 2840. The maximum atomic E-state index is 14.3. The number of nitrogens with one attached hydrogen (secondary N) is 2. The van der Waals surface area contributed by atoms with Crippen molar-refractivity contribution in [1.82, 2.24) is 40.3 Å². The van der Waals surface area contributed by atoms with Crippen LogP contribution in [0, 0.1) is 33.1 Å². The van der Waals surface area contributed by atoms with E-state index in [1.807, 2.05) is 100 Å². The van der Waals surface area contributed by atoms with Crippen molar-refractivity contribution < 1.29 is 29.0 Å². The zero-order valence-corrected chi connectivity index (χ0v) is 40.0. The number of pyridine rings is 1. The zero-order chi connectivity index (χ0) is 47.2. The van der Waals surface area contributed by atoms with E-state index >= 15 is 0 Å². The predicted molar refractivity (Wildman–Crippen MR) is 254 cm³/mol. The molecule has 4 aromatic heterocycles. The lowest BCUT2D eigenvalue weighted by Gasteiger charge is -2.35. The molecular formula is C49H53N9O6S2. The predicted octanol–water partition coefficient (Wildman–Crippen LogP) is 7.19. The van der Waals surface area contributed by atoms with Gasteiger partial charge < -0.3 is 25.4 Å². The lowest BCUT2D eigenvalue weighted by Crippen LogP contribution is -2.58. The quantitative estimate of drug-likeness (QED) is 0.112. The number of thiazole rings is 1. The summed E-state index contributed by atoms with van der Waals surface area (Å²) in [4.78, 5) is 72.1. The van der Waals surface area contributed by atoms with E-state index in [-0.39, 0.29) is 37.0 Å². The molecule has 17 heteroatoms. The summed E-state index contributed by atoms with van der Waals surface area (Å²) in [6, 6.07) is 16.3. The Kier molecular flexibility index (Phi) is 12.9. The van der Waals surface area contributed by atoms with E-state index in [9.17, 15) is 24.3 Å². The number of fused-ring (bicyclic) bond motifs is 3. The average Bonchev–Trinajstić information content (AvgIpc) is 4.07. The summed E-state index contributed by atoms with van der Waals surface area (Å²) < 4.78 is 7.02. The number of nitrogens with zero attached hydrogens (tertiary/aromatic N) is 7. The van der Waals surface area contributed by atoms with Gasteiger partial charge >= 0.3 is 5.97 Å². The highest BCUT2D eigenvalue weighted by atomic mass is 32.1. The summed E-state index contributed by atoms with van der Waals surface area (Å²) in [7, 11) is 1.36. The largest absolute Gasteiger partial charge is 0.469 e. The van der Waals surface area contributed by atoms with Crippen molar-refractivity contribution in [1.29, 1.82) is 0 Å². The second-order valence-corrected chi connectivity index (χ2v) is 20.0. The summed E-state index contributed by atoms with van der Waals surface area (Å²) in [5.41, 5.74) is 9.30. The van der Waals surface area contributed by atoms with Gasteiger partial charge in [-0.1, -0.05) is 75.4 Å². The van der Waals surface area contributed by atoms with Crippen molar-refractivity contribution in [3.8, 4) is 26.6 Å². The summed E-state index contributed by atoms with van der Waals surface area (Å²) in [6.07, 6.45) is 0.783. The molecule has 2 aromatic carbocycles. The molecule has 0 bridgehead atoms. The number of methoxy groups -OCH3 is 1. The topological polar surface area (TPSA) is 194 Å². The fourth-order valence-corrected chi connectivity index (χ4v) is 10.5. The molecule has 3 amide bonds. The van der Waals surface area contributed by atoms with Crippen LogP contribution in [0.25, 0.3) is 26.6 Å². The standard InChI is InChI=1S/C49H53N9O6S2/c1-25-28(4)66-48-40(25)41(53-37(21-39(60)64-9)44-56-55-29(5)58(44)48)32-14-12-31(13-15-32)34-18-19-36(50-22-34)45(61)54-43(49(6,7)8)47(63)57-23-35(59)20-38(57)46(62)52-26(2)30-10-16-33(17-11-30)42-27(3)51-24-65-42/h10-19,22,24,26,35,37-38,43,59H,20-21,23H2,1-9H3,(H,52,62)(H,54,61)/t26-,35+,37-,38-,43+/m0/s1. The van der Waals surface area contributed by atoms with Crippen LogP contribution < -0.4 is 10.6 Å². The number of esters is 1. The van der Waals surface area contributed by atoms with Crippen LogP contribution in [0.5, 0.6) is 0 Å². The Balaban J connectivity index is 0.965. The number of hydrogen-bond donors (Lipinski definition) is 3. The third-order valence-electron chi connectivity index (χ3n) is 12.3. The number of likely N-dealkylation sites (tertiary alicyclic amines) is 1. The Labute approximate surface area is 391 Å². The number of amides is 3. The van der Waals surface area contributed by atoms with Crippen LogP contribution in [-0.2, 0) is 19.1 Å². The molecule has 2 aliphatic rings. The van der Waals surface area contributed by atoms with Crippen molar-refractivity contribution in [2.75, 3.05) is 13.7 Å². The Morgan fingerprint density at radius 1 is 0.894 bits per heavy atom. The molecule has 15 nitrogen and oxygen atoms in total. The van der Waals surface area contributed by atoms with Crippen LogP contribution in [0.4, 0.5) is 0 Å². The van der Waals surface area contributed by atoms with Crippen molar-refractivity contribution >= 4 is 52.1 Å². The molecule has 0 saturated carbocycles. The van der Waals surface area contributed by atoms with Gasteiger partial charge in [0, 0.05) is 40.7 Å². The molecule has 1 fully saturated rings. The smallest absolute Gasteiger partial charge is 0.308 e. The minimum Gasteiger partial charge on any atom is -0.469 e. The monoisotopic (exact) mass is 927 g/mol. The van der Waals surface area contributed by atoms with Gasteiger partial charge in [-0.25, -0.2) is 4.98 Å². The SMILES string of the molecule is COC(=O)C[C@@H]1N=C(c2ccc(-c3ccc(C(=O)N[C@H](C(=O)N4C[C@H](O)C[C@H]4C(=O)N[C@@H](C)c4ccc(-c5scnc5C)cc4)C(C)(C)C)nc3)cc2)c2c(sc(C)c2C)-n2c(C)nnc21. The summed E-state index contributed by atoms with van der Waals surface area (Å²) in [6.45, 7) is 15.3. The van der Waals surface area contributed by atoms with Gasteiger partial charge in [0.05, 0.1) is 47.5 Å². The van der Waals surface area contributed by atoms with E-state index in [2.05, 4.69) is 44.6 Å². The van der Waals surface area contributed by atoms with E-state index in [0.717, 1.165) is 65.1 Å². The molecule has 0 radical (unpaired) electrons. The zero-order valence-electron chi connectivity index (χ0n) is 38.4. The van der Waals surface area contributed by atoms with E-state index in [4.69, 9.17) is 9.73 Å². The number of aliphatic imine (C=N–C) groups is 1. The second-order valence-electron chi connectivity index (χ2n) is 18.0. The molecule has 342 valence electrons. The van der Waals surface area contributed by atoms with Crippen molar-refractivity contribution in [3.05, 3.63) is 123 Å². The number of β-amino-alcohol motifs (C(OH)–C–C–N with tert-alkyl or cyclic N) is 1. The number of aromatic nitrogens is 5. The van der Waals surface area contributed by atoms with Crippen LogP contribution in [-0.4, -0.2) is 96.0 Å². The van der Waals surface area contributed by atoms with Gasteiger partial charge in [0.15, 0.2) is 5.82 Å². The molecule has 6 aromatic rings. The third-order valence-corrected chi connectivity index (χ3v) is 14.5. The minimum absolute atomic E-state index is 0.00338. The Morgan fingerprint density at radius 3 is 2.21 bits per heavy atom. The molecule has 2 aliphatic heterocycles. The molecule has 0 spiro atoms. The Hall–Kier alpha value is -6.43. The maximum absolute atomic E-state index is 14.3. The van der Waals surface area contributed by atoms with Crippen molar-refractivity contribution in [2.45, 2.75) is 98.5 Å². The van der Waals surface area contributed by atoms with Crippen LogP contribution >= 0.6 is 22.7 Å². The van der Waals surface area contributed by atoms with E-state index < -0.39 is 47.4 Å². The highest BCUT2D eigenvalue weighted by Gasteiger charge is 2.45. The summed E-state index contributed by atoms with van der Waals surface area (Å²) >= 11 is 3.20. The van der Waals surface area contributed by atoms with Gasteiger partial charge in [0.1, 0.15) is 34.6 Å². The number of benzene rings is 2. The van der Waals surface area contributed by atoms with Crippen molar-refractivity contribution in [2.24, 2.45) is 10.4 Å². The van der Waals surface area contributed by atoms with Crippen LogP contribution in [0.1, 0.15) is 108 Å². The van der Waals surface area contributed by atoms with Gasteiger partial charge in [-0.15, -0.1) is 32.9 Å². The van der Waals surface area contributed by atoms with Gasteiger partial charge in [-0.05, 0) is 68.4 Å². The molecule has 6 heterocycles. The molecule has 1 saturated heterocycles. The summed E-state index contributed by atoms with van der Waals surface area (Å²) in [5.74, 6) is -0.522. The first-order chi connectivity index (χ1) is 31.4. The minimum atomic E-state index is -1.03. The molecular weight excluding hydrogens is 875 g/mol. The number of thiophene rings is 1. The number of rotatable bonds is 11. The molecule has 66 heavy (non-hydrogen) atoms. The van der Waals surface area contributed by atoms with Crippen LogP contribution in [0.15, 0.2) is 77.4 Å². The first-order valence-electron chi connectivity index (χ1n) is 21.8. The lowest BCUT2D eigenvalue weighted by atomic mass is 9.85. The van der Waals surface area contributed by atoms with Gasteiger partial charge in [-0.3, -0.25) is 33.7 Å². The molecule has 8 rings (SSSR count). The van der Waals surface area contributed by atoms with Crippen LogP contribution in [0.3, 0.4) is 0 Å². The first-order valence-corrected chi connectivity index (χ1v) is 23.5. The van der Waals surface area contributed by atoms with E-state index in [1.165, 1.54) is 12.0 Å².